The minimum absolute atomic E-state index is 0.249. The summed E-state index contributed by atoms with van der Waals surface area (Å²) < 4.78 is 28.1. The average molecular weight is 313 g/mol. The molecule has 1 aromatic heterocycles. The van der Waals surface area contributed by atoms with Gasteiger partial charge in [-0.25, -0.2) is 4.72 Å². The number of hydrogen-bond acceptors (Lipinski definition) is 4. The van der Waals surface area contributed by atoms with Crippen molar-refractivity contribution in [2.24, 2.45) is 5.92 Å². The summed E-state index contributed by atoms with van der Waals surface area (Å²) >= 11 is 0. The van der Waals surface area contributed by atoms with Gasteiger partial charge >= 0.3 is 5.97 Å². The fourth-order valence-electron chi connectivity index (χ4n) is 2.30. The molecule has 0 amide bonds. The second-order valence-corrected chi connectivity index (χ2v) is 6.78. The standard InChI is InChI=1S/C13H19N3O4S/c17-13(18)12-4-8-16(9-5-12)21(19,20)15-7-3-11-2-1-6-14-10-11/h1-2,6,10,12,15H,3-5,7-9H2,(H,17,18). The zero-order chi connectivity index (χ0) is 15.3. The summed E-state index contributed by atoms with van der Waals surface area (Å²) in [6, 6.07) is 3.69. The van der Waals surface area contributed by atoms with E-state index in [0.717, 1.165) is 5.56 Å². The molecule has 7 nitrogen and oxygen atoms in total. The van der Waals surface area contributed by atoms with Gasteiger partial charge in [0, 0.05) is 32.0 Å². The van der Waals surface area contributed by atoms with Crippen molar-refractivity contribution in [3.05, 3.63) is 30.1 Å². The van der Waals surface area contributed by atoms with Crippen LogP contribution in [-0.2, 0) is 21.4 Å². The van der Waals surface area contributed by atoms with Crippen LogP contribution >= 0.6 is 0 Å². The molecule has 0 bridgehead atoms. The number of pyridine rings is 1. The molecule has 1 aromatic rings. The minimum atomic E-state index is -3.53. The van der Waals surface area contributed by atoms with Crippen LogP contribution in [0, 0.1) is 5.92 Å². The van der Waals surface area contributed by atoms with Crippen molar-refractivity contribution in [3.8, 4) is 0 Å². The van der Waals surface area contributed by atoms with Gasteiger partial charge in [-0.3, -0.25) is 9.78 Å². The first kappa shape index (κ1) is 15.9. The van der Waals surface area contributed by atoms with Crippen molar-refractivity contribution in [1.82, 2.24) is 14.0 Å². The number of aliphatic carboxylic acids is 1. The van der Waals surface area contributed by atoms with E-state index >= 15 is 0 Å². The topological polar surface area (TPSA) is 99.6 Å². The molecule has 2 heterocycles. The largest absolute Gasteiger partial charge is 0.481 e. The quantitative estimate of drug-likeness (QED) is 0.784. The number of hydrogen-bond donors (Lipinski definition) is 2. The van der Waals surface area contributed by atoms with Crippen molar-refractivity contribution >= 4 is 16.2 Å². The van der Waals surface area contributed by atoms with Crippen LogP contribution in [0.3, 0.4) is 0 Å². The smallest absolute Gasteiger partial charge is 0.306 e. The number of carbonyl (C=O) groups is 1. The van der Waals surface area contributed by atoms with E-state index in [9.17, 15) is 13.2 Å². The Balaban J connectivity index is 1.81. The SMILES string of the molecule is O=C(O)C1CCN(S(=O)(=O)NCCc2cccnc2)CC1. The molecule has 0 aliphatic carbocycles. The van der Waals surface area contributed by atoms with E-state index in [1.807, 2.05) is 6.07 Å². The monoisotopic (exact) mass is 313 g/mol. The zero-order valence-electron chi connectivity index (χ0n) is 11.6. The lowest BCUT2D eigenvalue weighted by Gasteiger charge is -2.29. The van der Waals surface area contributed by atoms with Gasteiger partial charge in [0.2, 0.25) is 0 Å². The van der Waals surface area contributed by atoms with E-state index in [1.165, 1.54) is 4.31 Å². The van der Waals surface area contributed by atoms with Crippen molar-refractivity contribution < 1.29 is 18.3 Å². The number of carboxylic acid groups (broad SMARTS) is 1. The number of nitrogens with one attached hydrogen (secondary N) is 1. The third-order valence-electron chi connectivity index (χ3n) is 3.56. The fourth-order valence-corrected chi connectivity index (χ4v) is 3.54. The highest BCUT2D eigenvalue weighted by atomic mass is 32.2. The normalized spacial score (nSPS) is 17.7. The van der Waals surface area contributed by atoms with Crippen molar-refractivity contribution in [2.75, 3.05) is 19.6 Å². The van der Waals surface area contributed by atoms with Crippen molar-refractivity contribution in [3.63, 3.8) is 0 Å². The molecular formula is C13H19N3O4S. The maximum absolute atomic E-state index is 12.1. The molecule has 2 N–H and O–H groups in total. The Hall–Kier alpha value is -1.51. The van der Waals surface area contributed by atoms with E-state index in [-0.39, 0.29) is 13.1 Å². The Morgan fingerprint density at radius 1 is 1.43 bits per heavy atom. The molecule has 1 saturated heterocycles. The Morgan fingerprint density at radius 2 is 2.14 bits per heavy atom. The van der Waals surface area contributed by atoms with Gasteiger partial charge in [0.05, 0.1) is 5.92 Å². The molecule has 116 valence electrons. The summed E-state index contributed by atoms with van der Waals surface area (Å²) in [6.45, 7) is 0.797. The molecule has 0 radical (unpaired) electrons. The van der Waals surface area contributed by atoms with E-state index in [0.29, 0.717) is 25.8 Å². The van der Waals surface area contributed by atoms with Gasteiger partial charge in [-0.1, -0.05) is 6.07 Å². The number of rotatable bonds is 6. The third kappa shape index (κ3) is 4.48. The molecule has 1 aliphatic heterocycles. The molecule has 0 unspecified atom stereocenters. The van der Waals surface area contributed by atoms with E-state index in [4.69, 9.17) is 5.11 Å². The van der Waals surface area contributed by atoms with Crippen LogP contribution in [0.25, 0.3) is 0 Å². The summed E-state index contributed by atoms with van der Waals surface area (Å²) in [5.74, 6) is -1.29. The number of aromatic nitrogens is 1. The van der Waals surface area contributed by atoms with Crippen LogP contribution in [-0.4, -0.2) is 48.4 Å². The maximum Gasteiger partial charge on any atom is 0.306 e. The molecular weight excluding hydrogens is 294 g/mol. The molecule has 0 saturated carbocycles. The third-order valence-corrected chi connectivity index (χ3v) is 5.18. The lowest BCUT2D eigenvalue weighted by Crippen LogP contribution is -2.46. The Labute approximate surface area is 124 Å². The fraction of sp³-hybridized carbons (Fsp3) is 0.538. The van der Waals surface area contributed by atoms with E-state index in [1.54, 1.807) is 18.5 Å². The highest BCUT2D eigenvalue weighted by Gasteiger charge is 2.30. The molecule has 2 rings (SSSR count). The van der Waals surface area contributed by atoms with Crippen molar-refractivity contribution in [1.29, 1.82) is 0 Å². The predicted octanol–water partition coefficient (Wildman–Crippen LogP) is 0.255. The summed E-state index contributed by atoms with van der Waals surface area (Å²) in [5.41, 5.74) is 0.963. The van der Waals surface area contributed by atoms with Gasteiger partial charge in [0.25, 0.3) is 10.2 Å². The molecule has 1 aliphatic rings. The first-order chi connectivity index (χ1) is 9.99. The predicted molar refractivity (Wildman–Crippen MR) is 76.8 cm³/mol. The highest BCUT2D eigenvalue weighted by molar-refractivity contribution is 7.87. The van der Waals surface area contributed by atoms with Gasteiger partial charge in [0.1, 0.15) is 0 Å². The van der Waals surface area contributed by atoms with E-state index < -0.39 is 22.1 Å². The van der Waals surface area contributed by atoms with Crippen LogP contribution in [0.15, 0.2) is 24.5 Å². The second kappa shape index (κ2) is 6.97. The van der Waals surface area contributed by atoms with E-state index in [2.05, 4.69) is 9.71 Å². The van der Waals surface area contributed by atoms with Gasteiger partial charge in [0.15, 0.2) is 0 Å². The second-order valence-electron chi connectivity index (χ2n) is 5.02. The number of carboxylic acids is 1. The Kier molecular flexibility index (Phi) is 5.27. The molecule has 0 spiro atoms. The summed E-state index contributed by atoms with van der Waals surface area (Å²) in [4.78, 5) is 14.8. The molecule has 1 fully saturated rings. The highest BCUT2D eigenvalue weighted by Crippen LogP contribution is 2.19. The van der Waals surface area contributed by atoms with Crippen LogP contribution in [0.4, 0.5) is 0 Å². The first-order valence-corrected chi connectivity index (χ1v) is 8.29. The lowest BCUT2D eigenvalue weighted by atomic mass is 9.99. The van der Waals surface area contributed by atoms with Gasteiger partial charge < -0.3 is 5.11 Å². The minimum Gasteiger partial charge on any atom is -0.481 e. The average Bonchev–Trinajstić information content (AvgIpc) is 2.48. The van der Waals surface area contributed by atoms with Crippen LogP contribution in [0.1, 0.15) is 18.4 Å². The lowest BCUT2D eigenvalue weighted by molar-refractivity contribution is -0.142. The summed E-state index contributed by atoms with van der Waals surface area (Å²) in [6.07, 6.45) is 4.66. The van der Waals surface area contributed by atoms with Gasteiger partial charge in [-0.15, -0.1) is 0 Å². The maximum atomic E-state index is 12.1. The molecule has 8 heteroatoms. The summed E-state index contributed by atoms with van der Waals surface area (Å²) in [7, 11) is -3.53. The number of nitrogens with zero attached hydrogens (tertiary/aromatic N) is 2. The Bertz CT molecular complexity index is 568. The first-order valence-electron chi connectivity index (χ1n) is 6.85. The van der Waals surface area contributed by atoms with Gasteiger partial charge in [-0.05, 0) is 30.9 Å². The van der Waals surface area contributed by atoms with Gasteiger partial charge in [-0.2, -0.15) is 12.7 Å². The number of piperidine rings is 1. The van der Waals surface area contributed by atoms with Crippen LogP contribution < -0.4 is 4.72 Å². The Morgan fingerprint density at radius 3 is 2.71 bits per heavy atom. The van der Waals surface area contributed by atoms with Crippen LogP contribution in [0.5, 0.6) is 0 Å². The summed E-state index contributed by atoms with van der Waals surface area (Å²) in [5, 5.41) is 8.91. The molecule has 0 atom stereocenters. The van der Waals surface area contributed by atoms with Crippen LogP contribution in [0.2, 0.25) is 0 Å². The molecule has 21 heavy (non-hydrogen) atoms. The van der Waals surface area contributed by atoms with Crippen molar-refractivity contribution in [2.45, 2.75) is 19.3 Å². The molecule has 0 aromatic carbocycles. The zero-order valence-corrected chi connectivity index (χ0v) is 12.4.